The molecule has 0 aliphatic rings. The fraction of sp³-hybridized carbons (Fsp3) is 0.714. The van der Waals surface area contributed by atoms with Crippen LogP contribution in [0.5, 0.6) is 0 Å². The van der Waals surface area contributed by atoms with Gasteiger partial charge in [0.25, 0.3) is 0 Å². The third kappa shape index (κ3) is 6.21. The molecule has 1 heterocycles. The number of rotatable bonds is 8. The maximum absolute atomic E-state index is 5.99. The molecule has 0 aliphatic carbocycles. The molecule has 5 heteroatoms. The molecule has 1 aromatic rings. The highest BCUT2D eigenvalue weighted by atomic mass is 35.5. The van der Waals surface area contributed by atoms with E-state index in [0.717, 1.165) is 44.0 Å². The molecule has 108 valence electrons. The van der Waals surface area contributed by atoms with Crippen molar-refractivity contribution < 1.29 is 0 Å². The Kier molecular flexibility index (Phi) is 7.10. The van der Waals surface area contributed by atoms with Crippen LogP contribution in [0, 0.1) is 0 Å². The molecule has 0 unspecified atom stereocenters. The molecule has 0 saturated carbocycles. The highest BCUT2D eigenvalue weighted by Gasteiger charge is 2.04. The van der Waals surface area contributed by atoms with Gasteiger partial charge in [-0.25, -0.2) is 9.97 Å². The van der Waals surface area contributed by atoms with E-state index in [1.807, 2.05) is 0 Å². The summed E-state index contributed by atoms with van der Waals surface area (Å²) >= 11 is 5.99. The molecule has 1 rings (SSSR count). The second-order valence-corrected chi connectivity index (χ2v) is 5.48. The van der Waals surface area contributed by atoms with Gasteiger partial charge in [0, 0.05) is 25.1 Å². The van der Waals surface area contributed by atoms with Crippen LogP contribution in [-0.4, -0.2) is 41.0 Å². The van der Waals surface area contributed by atoms with E-state index in [0.29, 0.717) is 11.2 Å². The minimum Gasteiger partial charge on any atom is -0.370 e. The maximum atomic E-state index is 5.99. The number of halogens is 1. The van der Waals surface area contributed by atoms with Crippen LogP contribution in [0.2, 0.25) is 5.15 Å². The third-order valence-electron chi connectivity index (χ3n) is 3.09. The molecule has 0 aromatic carbocycles. The fourth-order valence-corrected chi connectivity index (χ4v) is 1.89. The average molecular weight is 285 g/mol. The van der Waals surface area contributed by atoms with Crippen LogP contribution in [-0.2, 0) is 6.42 Å². The summed E-state index contributed by atoms with van der Waals surface area (Å²) in [7, 11) is 2.14. The smallest absolute Gasteiger partial charge is 0.134 e. The lowest BCUT2D eigenvalue weighted by Gasteiger charge is -2.20. The zero-order chi connectivity index (χ0) is 14.3. The van der Waals surface area contributed by atoms with Gasteiger partial charge in [-0.05, 0) is 40.3 Å². The zero-order valence-corrected chi connectivity index (χ0v) is 13.2. The lowest BCUT2D eigenvalue weighted by atomic mass is 10.3. The zero-order valence-electron chi connectivity index (χ0n) is 12.4. The van der Waals surface area contributed by atoms with E-state index in [2.05, 4.69) is 48.0 Å². The first kappa shape index (κ1) is 16.2. The summed E-state index contributed by atoms with van der Waals surface area (Å²) < 4.78 is 0. The molecular formula is C14H25ClN4. The number of aryl methyl sites for hydroxylation is 1. The van der Waals surface area contributed by atoms with Crippen molar-refractivity contribution in [2.75, 3.05) is 25.5 Å². The molecule has 0 radical (unpaired) electrons. The topological polar surface area (TPSA) is 41.1 Å². The SMILES string of the molecule is CCCc1nc(Cl)cc(NCCCN(C)C(C)C)n1. The molecule has 1 aromatic heterocycles. The highest BCUT2D eigenvalue weighted by molar-refractivity contribution is 6.29. The summed E-state index contributed by atoms with van der Waals surface area (Å²) in [6.07, 6.45) is 2.98. The number of nitrogens with one attached hydrogen (secondary N) is 1. The van der Waals surface area contributed by atoms with Crippen molar-refractivity contribution in [2.45, 2.75) is 46.1 Å². The van der Waals surface area contributed by atoms with Crippen molar-refractivity contribution in [3.63, 3.8) is 0 Å². The molecule has 4 nitrogen and oxygen atoms in total. The molecule has 0 saturated heterocycles. The Bertz CT molecular complexity index is 382. The lowest BCUT2D eigenvalue weighted by Crippen LogP contribution is -2.28. The number of hydrogen-bond donors (Lipinski definition) is 1. The summed E-state index contributed by atoms with van der Waals surface area (Å²) in [6, 6.07) is 2.37. The van der Waals surface area contributed by atoms with E-state index >= 15 is 0 Å². The predicted octanol–water partition coefficient (Wildman–Crippen LogP) is 3.22. The maximum Gasteiger partial charge on any atom is 0.134 e. The average Bonchev–Trinajstić information content (AvgIpc) is 2.34. The minimum absolute atomic E-state index is 0.514. The molecule has 0 atom stereocenters. The van der Waals surface area contributed by atoms with E-state index in [-0.39, 0.29) is 0 Å². The van der Waals surface area contributed by atoms with Crippen LogP contribution in [0.15, 0.2) is 6.07 Å². The second-order valence-electron chi connectivity index (χ2n) is 5.10. The first-order chi connectivity index (χ1) is 9.02. The quantitative estimate of drug-likeness (QED) is 0.588. The van der Waals surface area contributed by atoms with E-state index < -0.39 is 0 Å². The number of aromatic nitrogens is 2. The van der Waals surface area contributed by atoms with Gasteiger partial charge >= 0.3 is 0 Å². The van der Waals surface area contributed by atoms with Crippen LogP contribution in [0.1, 0.15) is 39.4 Å². The summed E-state index contributed by atoms with van der Waals surface area (Å²) in [4.78, 5) is 11.0. The summed E-state index contributed by atoms with van der Waals surface area (Å²) in [5, 5.41) is 3.83. The summed E-state index contributed by atoms with van der Waals surface area (Å²) in [5.74, 6) is 1.65. The Hall–Kier alpha value is -0.870. The summed E-state index contributed by atoms with van der Waals surface area (Å²) in [5.41, 5.74) is 0. The number of nitrogens with zero attached hydrogens (tertiary/aromatic N) is 3. The lowest BCUT2D eigenvalue weighted by molar-refractivity contribution is 0.273. The van der Waals surface area contributed by atoms with E-state index in [4.69, 9.17) is 11.6 Å². The predicted molar refractivity (Wildman–Crippen MR) is 81.9 cm³/mol. The van der Waals surface area contributed by atoms with Gasteiger partial charge in [-0.15, -0.1) is 0 Å². The summed E-state index contributed by atoms with van der Waals surface area (Å²) in [6.45, 7) is 8.49. The van der Waals surface area contributed by atoms with Crippen LogP contribution >= 0.6 is 11.6 Å². The van der Waals surface area contributed by atoms with Crippen molar-refractivity contribution in [2.24, 2.45) is 0 Å². The van der Waals surface area contributed by atoms with E-state index in [9.17, 15) is 0 Å². The first-order valence-electron chi connectivity index (χ1n) is 7.00. The van der Waals surface area contributed by atoms with Crippen LogP contribution in [0.4, 0.5) is 5.82 Å². The molecule has 0 amide bonds. The molecule has 0 fully saturated rings. The normalized spacial score (nSPS) is 11.3. The van der Waals surface area contributed by atoms with Crippen molar-refractivity contribution >= 4 is 17.4 Å². The Morgan fingerprint density at radius 1 is 1.37 bits per heavy atom. The Morgan fingerprint density at radius 3 is 2.74 bits per heavy atom. The van der Waals surface area contributed by atoms with Crippen molar-refractivity contribution in [3.05, 3.63) is 17.0 Å². The third-order valence-corrected chi connectivity index (χ3v) is 3.28. The van der Waals surface area contributed by atoms with Gasteiger partial charge in [0.1, 0.15) is 16.8 Å². The largest absolute Gasteiger partial charge is 0.370 e. The van der Waals surface area contributed by atoms with Crippen molar-refractivity contribution in [3.8, 4) is 0 Å². The van der Waals surface area contributed by atoms with Gasteiger partial charge in [-0.1, -0.05) is 18.5 Å². The number of anilines is 1. The Labute approximate surface area is 121 Å². The second kappa shape index (κ2) is 8.33. The molecule has 19 heavy (non-hydrogen) atoms. The molecular weight excluding hydrogens is 260 g/mol. The fourth-order valence-electron chi connectivity index (χ4n) is 1.69. The van der Waals surface area contributed by atoms with Gasteiger partial charge in [0.15, 0.2) is 0 Å². The van der Waals surface area contributed by atoms with Gasteiger partial charge < -0.3 is 10.2 Å². The van der Waals surface area contributed by atoms with Crippen LogP contribution in [0.3, 0.4) is 0 Å². The van der Waals surface area contributed by atoms with Crippen LogP contribution in [0.25, 0.3) is 0 Å². The molecule has 0 spiro atoms. The minimum atomic E-state index is 0.514. The van der Waals surface area contributed by atoms with E-state index in [1.54, 1.807) is 6.07 Å². The Balaban J connectivity index is 2.40. The van der Waals surface area contributed by atoms with Gasteiger partial charge in [0.05, 0.1) is 0 Å². The van der Waals surface area contributed by atoms with Crippen LogP contribution < -0.4 is 5.32 Å². The monoisotopic (exact) mass is 284 g/mol. The van der Waals surface area contributed by atoms with Crippen molar-refractivity contribution in [1.82, 2.24) is 14.9 Å². The Morgan fingerprint density at radius 2 is 2.11 bits per heavy atom. The molecule has 1 N–H and O–H groups in total. The van der Waals surface area contributed by atoms with Gasteiger partial charge in [0.2, 0.25) is 0 Å². The standard InChI is InChI=1S/C14H25ClN4/c1-5-7-13-17-12(15)10-14(18-13)16-8-6-9-19(4)11(2)3/h10-11H,5-9H2,1-4H3,(H,16,17,18). The van der Waals surface area contributed by atoms with E-state index in [1.165, 1.54) is 0 Å². The highest BCUT2D eigenvalue weighted by Crippen LogP contribution is 2.12. The van der Waals surface area contributed by atoms with Gasteiger partial charge in [-0.3, -0.25) is 0 Å². The molecule has 0 bridgehead atoms. The van der Waals surface area contributed by atoms with Crippen molar-refractivity contribution in [1.29, 1.82) is 0 Å². The first-order valence-corrected chi connectivity index (χ1v) is 7.38. The molecule has 0 aliphatic heterocycles. The van der Waals surface area contributed by atoms with Gasteiger partial charge in [-0.2, -0.15) is 0 Å². The number of hydrogen-bond acceptors (Lipinski definition) is 4.